The van der Waals surface area contributed by atoms with E-state index in [1.807, 2.05) is 0 Å². The number of methoxy groups -OCH3 is 1. The summed E-state index contributed by atoms with van der Waals surface area (Å²) in [6, 6.07) is 8.74. The number of esters is 1. The molecule has 0 heterocycles. The van der Waals surface area contributed by atoms with Gasteiger partial charge in [-0.15, -0.1) is 0 Å². The maximum absolute atomic E-state index is 14.6. The van der Waals surface area contributed by atoms with Gasteiger partial charge in [-0.3, -0.25) is 10.1 Å². The van der Waals surface area contributed by atoms with E-state index in [-0.39, 0.29) is 0 Å². The van der Waals surface area contributed by atoms with E-state index in [0.29, 0.717) is 11.1 Å². The Kier molecular flexibility index (Phi) is 3.65. The van der Waals surface area contributed by atoms with Crippen LogP contribution in [0, 0.1) is 10.1 Å². The second-order valence-electron chi connectivity index (χ2n) is 4.32. The van der Waals surface area contributed by atoms with Crippen molar-refractivity contribution in [3.8, 4) is 0 Å². The highest BCUT2D eigenvalue weighted by molar-refractivity contribution is 5.92. The molecule has 5 nitrogen and oxygen atoms in total. The Hall–Kier alpha value is -2.50. The van der Waals surface area contributed by atoms with E-state index in [1.54, 1.807) is 30.3 Å². The standard InChI is InChI=1S/C14H12FNO4/c1-20-13(17)12-8-7-11(9-14(12,15)16(18)19)10-5-3-2-4-6-10/h2-8H,9H2,1H3. The zero-order chi connectivity index (χ0) is 14.8. The zero-order valence-corrected chi connectivity index (χ0v) is 10.7. The molecule has 0 saturated heterocycles. The van der Waals surface area contributed by atoms with Gasteiger partial charge in [0, 0.05) is 0 Å². The van der Waals surface area contributed by atoms with Crippen LogP contribution in [0.25, 0.3) is 5.57 Å². The number of halogens is 1. The van der Waals surface area contributed by atoms with E-state index in [0.717, 1.165) is 13.2 Å². The average Bonchev–Trinajstić information content (AvgIpc) is 2.47. The fourth-order valence-electron chi connectivity index (χ4n) is 2.07. The molecule has 1 atom stereocenters. The highest BCUT2D eigenvalue weighted by atomic mass is 19.1. The van der Waals surface area contributed by atoms with Crippen molar-refractivity contribution in [2.45, 2.75) is 12.2 Å². The van der Waals surface area contributed by atoms with Gasteiger partial charge in [-0.2, -0.15) is 4.39 Å². The lowest BCUT2D eigenvalue weighted by molar-refractivity contribution is -0.590. The van der Waals surface area contributed by atoms with Crippen LogP contribution in [0.2, 0.25) is 0 Å². The predicted molar refractivity (Wildman–Crippen MR) is 70.0 cm³/mol. The quantitative estimate of drug-likeness (QED) is 0.368. The summed E-state index contributed by atoms with van der Waals surface area (Å²) < 4.78 is 19.0. The van der Waals surface area contributed by atoms with Crippen molar-refractivity contribution in [2.24, 2.45) is 0 Å². The number of hydrogen-bond donors (Lipinski definition) is 0. The van der Waals surface area contributed by atoms with E-state index in [9.17, 15) is 19.3 Å². The number of hydrogen-bond acceptors (Lipinski definition) is 4. The molecule has 1 aromatic carbocycles. The molecule has 104 valence electrons. The van der Waals surface area contributed by atoms with Gasteiger partial charge < -0.3 is 4.74 Å². The minimum Gasteiger partial charge on any atom is -0.465 e. The summed E-state index contributed by atoms with van der Waals surface area (Å²) in [6.07, 6.45) is 2.11. The minimum absolute atomic E-state index is 0.456. The van der Waals surface area contributed by atoms with Crippen molar-refractivity contribution in [1.82, 2.24) is 0 Å². The molecule has 6 heteroatoms. The van der Waals surface area contributed by atoms with Crippen LogP contribution >= 0.6 is 0 Å². The molecule has 0 fully saturated rings. The molecule has 1 unspecified atom stereocenters. The van der Waals surface area contributed by atoms with Crippen molar-refractivity contribution >= 4 is 11.5 Å². The number of nitrogens with zero attached hydrogens (tertiary/aromatic N) is 1. The summed E-state index contributed by atoms with van der Waals surface area (Å²) in [4.78, 5) is 21.4. The molecule has 0 bridgehead atoms. The lowest BCUT2D eigenvalue weighted by Crippen LogP contribution is -2.40. The van der Waals surface area contributed by atoms with Crippen LogP contribution in [0.1, 0.15) is 12.0 Å². The molecule has 1 aliphatic rings. The first-order valence-electron chi connectivity index (χ1n) is 5.87. The lowest BCUT2D eigenvalue weighted by atomic mass is 9.87. The molecular formula is C14H12FNO4. The second-order valence-corrected chi connectivity index (χ2v) is 4.32. The molecule has 0 saturated carbocycles. The fraction of sp³-hybridized carbons (Fsp3) is 0.214. The number of nitro groups is 1. The molecule has 1 aromatic rings. The van der Waals surface area contributed by atoms with Gasteiger partial charge in [-0.05, 0) is 17.2 Å². The number of rotatable bonds is 3. The number of carbonyl (C=O) groups excluding carboxylic acids is 1. The van der Waals surface area contributed by atoms with Gasteiger partial charge in [0.15, 0.2) is 0 Å². The summed E-state index contributed by atoms with van der Waals surface area (Å²) in [7, 11) is 1.06. The van der Waals surface area contributed by atoms with Gasteiger partial charge in [-0.1, -0.05) is 36.4 Å². The summed E-state index contributed by atoms with van der Waals surface area (Å²) in [5, 5.41) is 11.0. The van der Waals surface area contributed by atoms with E-state index in [4.69, 9.17) is 0 Å². The van der Waals surface area contributed by atoms with Crippen LogP contribution in [0.5, 0.6) is 0 Å². The summed E-state index contributed by atoms with van der Waals surface area (Å²) in [5.41, 5.74) is 0.540. The third-order valence-electron chi connectivity index (χ3n) is 3.13. The van der Waals surface area contributed by atoms with E-state index >= 15 is 0 Å². The van der Waals surface area contributed by atoms with E-state index in [2.05, 4.69) is 4.74 Å². The Bertz CT molecular complexity index is 609. The molecular weight excluding hydrogens is 265 g/mol. The first-order valence-corrected chi connectivity index (χ1v) is 5.87. The minimum atomic E-state index is -2.97. The monoisotopic (exact) mass is 277 g/mol. The molecule has 2 rings (SSSR count). The number of alkyl halides is 1. The Morgan fingerprint density at radius 1 is 1.35 bits per heavy atom. The van der Waals surface area contributed by atoms with Gasteiger partial charge >= 0.3 is 11.8 Å². The van der Waals surface area contributed by atoms with Gasteiger partial charge in [0.05, 0.1) is 18.5 Å². The van der Waals surface area contributed by atoms with Crippen molar-refractivity contribution in [1.29, 1.82) is 0 Å². The molecule has 0 radical (unpaired) electrons. The van der Waals surface area contributed by atoms with Crippen LogP contribution in [-0.2, 0) is 9.53 Å². The second kappa shape index (κ2) is 5.24. The molecule has 0 aliphatic heterocycles. The van der Waals surface area contributed by atoms with Crippen molar-refractivity contribution in [2.75, 3.05) is 7.11 Å². The van der Waals surface area contributed by atoms with E-state index < -0.39 is 28.7 Å². The Labute approximate surface area is 114 Å². The van der Waals surface area contributed by atoms with Crippen LogP contribution in [0.3, 0.4) is 0 Å². The maximum atomic E-state index is 14.6. The van der Waals surface area contributed by atoms with Crippen LogP contribution in [-0.4, -0.2) is 23.8 Å². The summed E-state index contributed by atoms with van der Waals surface area (Å²) >= 11 is 0. The molecule has 0 N–H and O–H groups in total. The van der Waals surface area contributed by atoms with Gasteiger partial charge in [-0.25, -0.2) is 4.79 Å². The van der Waals surface area contributed by atoms with Gasteiger partial charge in [0.1, 0.15) is 5.57 Å². The molecule has 20 heavy (non-hydrogen) atoms. The topological polar surface area (TPSA) is 69.4 Å². The SMILES string of the molecule is COC(=O)C1=CC=C(c2ccccc2)CC1(F)[N+](=O)[O-]. The van der Waals surface area contributed by atoms with Crippen LogP contribution in [0.15, 0.2) is 48.1 Å². The van der Waals surface area contributed by atoms with E-state index in [1.165, 1.54) is 6.08 Å². The highest BCUT2D eigenvalue weighted by Gasteiger charge is 2.53. The third kappa shape index (κ3) is 2.32. The number of allylic oxidation sites excluding steroid dienone is 2. The molecule has 0 aromatic heterocycles. The molecule has 0 spiro atoms. The average molecular weight is 277 g/mol. The van der Waals surface area contributed by atoms with Gasteiger partial charge in [0.2, 0.25) is 0 Å². The first kappa shape index (κ1) is 13.9. The summed E-state index contributed by atoms with van der Waals surface area (Å²) in [5.74, 6) is -4.00. The number of carbonyl (C=O) groups is 1. The van der Waals surface area contributed by atoms with Crippen LogP contribution < -0.4 is 0 Å². The maximum Gasteiger partial charge on any atom is 0.395 e. The summed E-state index contributed by atoms with van der Waals surface area (Å²) in [6.45, 7) is 0. The largest absolute Gasteiger partial charge is 0.465 e. The number of ether oxygens (including phenoxy) is 1. The van der Waals surface area contributed by atoms with Crippen molar-refractivity contribution in [3.05, 3.63) is 63.7 Å². The lowest BCUT2D eigenvalue weighted by Gasteiger charge is -2.23. The van der Waals surface area contributed by atoms with Crippen molar-refractivity contribution in [3.63, 3.8) is 0 Å². The highest BCUT2D eigenvalue weighted by Crippen LogP contribution is 2.38. The fourth-order valence-corrected chi connectivity index (χ4v) is 2.07. The Morgan fingerprint density at radius 2 is 2.00 bits per heavy atom. The molecule has 0 amide bonds. The Morgan fingerprint density at radius 3 is 2.55 bits per heavy atom. The smallest absolute Gasteiger partial charge is 0.395 e. The van der Waals surface area contributed by atoms with Crippen molar-refractivity contribution < 1.29 is 18.8 Å². The normalized spacial score (nSPS) is 21.7. The van der Waals surface area contributed by atoms with Gasteiger partial charge in [0.25, 0.3) is 0 Å². The zero-order valence-electron chi connectivity index (χ0n) is 10.7. The number of benzene rings is 1. The first-order chi connectivity index (χ1) is 9.49. The third-order valence-corrected chi connectivity index (χ3v) is 3.13. The van der Waals surface area contributed by atoms with Crippen LogP contribution in [0.4, 0.5) is 4.39 Å². The molecule has 1 aliphatic carbocycles. The predicted octanol–water partition coefficient (Wildman–Crippen LogP) is 2.52. The Balaban J connectivity index is 2.47.